The van der Waals surface area contributed by atoms with E-state index < -0.39 is 0 Å². The first kappa shape index (κ1) is 24.5. The first-order valence-corrected chi connectivity index (χ1v) is 11.7. The summed E-state index contributed by atoms with van der Waals surface area (Å²) in [5.74, 6) is 0.854. The summed E-state index contributed by atoms with van der Waals surface area (Å²) in [7, 11) is 1.66. The molecule has 0 aromatic heterocycles. The minimum atomic E-state index is -0.246. The maximum atomic E-state index is 13.3. The van der Waals surface area contributed by atoms with Crippen LogP contribution in [0.1, 0.15) is 26.3 Å². The minimum Gasteiger partial charge on any atom is -0.490 e. The monoisotopic (exact) mass is 480 g/mol. The average Bonchev–Trinajstić information content (AvgIpc) is 2.94. The second kappa shape index (κ2) is 12.2. The lowest BCUT2D eigenvalue weighted by molar-refractivity contribution is 0.0951. The summed E-state index contributed by atoms with van der Waals surface area (Å²) in [5, 5.41) is 2.93. The molecule has 4 aromatic rings. The van der Waals surface area contributed by atoms with E-state index >= 15 is 0 Å². The molecule has 0 fully saturated rings. The SMILES string of the molecule is CN(C(=O)c1cccc(OCCOc2ccccc2)c1)c1ccccc1C(=O)NCc1ccccc1. The van der Waals surface area contributed by atoms with Gasteiger partial charge < -0.3 is 19.7 Å². The van der Waals surface area contributed by atoms with Gasteiger partial charge in [-0.3, -0.25) is 9.59 Å². The van der Waals surface area contributed by atoms with E-state index in [1.807, 2.05) is 60.7 Å². The summed E-state index contributed by atoms with van der Waals surface area (Å²) < 4.78 is 11.4. The lowest BCUT2D eigenvalue weighted by Gasteiger charge is -2.21. The summed E-state index contributed by atoms with van der Waals surface area (Å²) in [6, 6.07) is 33.2. The van der Waals surface area contributed by atoms with Crippen molar-refractivity contribution in [2.45, 2.75) is 6.54 Å². The molecule has 4 rings (SSSR count). The normalized spacial score (nSPS) is 10.4. The third-order valence-corrected chi connectivity index (χ3v) is 5.56. The second-order valence-electron chi connectivity index (χ2n) is 8.09. The molecule has 0 aliphatic heterocycles. The highest BCUT2D eigenvalue weighted by Crippen LogP contribution is 2.23. The van der Waals surface area contributed by atoms with Crippen molar-refractivity contribution in [2.75, 3.05) is 25.2 Å². The Kier molecular flexibility index (Phi) is 8.33. The molecule has 6 heteroatoms. The van der Waals surface area contributed by atoms with Crippen molar-refractivity contribution in [3.8, 4) is 11.5 Å². The van der Waals surface area contributed by atoms with Crippen molar-refractivity contribution in [1.82, 2.24) is 5.32 Å². The van der Waals surface area contributed by atoms with Crippen LogP contribution in [0.4, 0.5) is 5.69 Å². The van der Waals surface area contributed by atoms with E-state index in [4.69, 9.17) is 9.47 Å². The minimum absolute atomic E-state index is 0.246. The van der Waals surface area contributed by atoms with Gasteiger partial charge >= 0.3 is 0 Å². The largest absolute Gasteiger partial charge is 0.490 e. The molecular weight excluding hydrogens is 452 g/mol. The van der Waals surface area contributed by atoms with Crippen LogP contribution in [0.25, 0.3) is 0 Å². The van der Waals surface area contributed by atoms with Crippen LogP contribution in [0.15, 0.2) is 109 Å². The van der Waals surface area contributed by atoms with E-state index in [1.165, 1.54) is 4.90 Å². The molecule has 0 unspecified atom stereocenters. The zero-order valence-electron chi connectivity index (χ0n) is 20.1. The van der Waals surface area contributed by atoms with Gasteiger partial charge in [0.1, 0.15) is 24.7 Å². The summed E-state index contributed by atoms with van der Waals surface area (Å²) in [5.41, 5.74) is 2.41. The lowest BCUT2D eigenvalue weighted by atomic mass is 10.1. The van der Waals surface area contributed by atoms with Crippen LogP contribution in [0, 0.1) is 0 Å². The molecule has 6 nitrogen and oxygen atoms in total. The second-order valence-corrected chi connectivity index (χ2v) is 8.09. The number of carbonyl (C=O) groups is 2. The summed E-state index contributed by atoms with van der Waals surface area (Å²) in [4.78, 5) is 27.7. The number of nitrogens with one attached hydrogen (secondary N) is 1. The lowest BCUT2D eigenvalue weighted by Crippen LogP contribution is -2.30. The van der Waals surface area contributed by atoms with Crippen LogP contribution < -0.4 is 19.7 Å². The molecule has 0 saturated heterocycles. The highest BCUT2D eigenvalue weighted by atomic mass is 16.5. The topological polar surface area (TPSA) is 67.9 Å². The Morgan fingerprint density at radius 2 is 1.33 bits per heavy atom. The smallest absolute Gasteiger partial charge is 0.258 e. The van der Waals surface area contributed by atoms with Crippen molar-refractivity contribution >= 4 is 17.5 Å². The van der Waals surface area contributed by atoms with Gasteiger partial charge in [0.05, 0.1) is 11.3 Å². The van der Waals surface area contributed by atoms with Crippen LogP contribution in [-0.4, -0.2) is 32.1 Å². The molecule has 2 amide bonds. The van der Waals surface area contributed by atoms with Crippen LogP contribution in [0.3, 0.4) is 0 Å². The highest BCUT2D eigenvalue weighted by Gasteiger charge is 2.20. The standard InChI is InChI=1S/C30H28N2O4/c1-32(28-18-9-8-17-27(28)29(33)31-22-23-11-4-2-5-12-23)30(34)24-13-10-16-26(21-24)36-20-19-35-25-14-6-3-7-15-25/h2-18,21H,19-20,22H2,1H3,(H,31,33). The first-order chi connectivity index (χ1) is 17.6. The Morgan fingerprint density at radius 1 is 0.722 bits per heavy atom. The third kappa shape index (κ3) is 6.51. The molecule has 0 aliphatic rings. The van der Waals surface area contributed by atoms with E-state index in [-0.39, 0.29) is 11.8 Å². The zero-order chi connectivity index (χ0) is 25.2. The fourth-order valence-electron chi connectivity index (χ4n) is 3.69. The summed E-state index contributed by atoms with van der Waals surface area (Å²) in [6.07, 6.45) is 0. The van der Waals surface area contributed by atoms with E-state index in [9.17, 15) is 9.59 Å². The predicted octanol–water partition coefficient (Wildman–Crippen LogP) is 5.35. The summed E-state index contributed by atoms with van der Waals surface area (Å²) in [6.45, 7) is 1.12. The Balaban J connectivity index is 1.39. The van der Waals surface area contributed by atoms with Crippen LogP contribution in [0.2, 0.25) is 0 Å². The number of amides is 2. The quantitative estimate of drug-likeness (QED) is 0.311. The Bertz CT molecular complexity index is 1290. The molecule has 1 N–H and O–H groups in total. The number of benzene rings is 4. The first-order valence-electron chi connectivity index (χ1n) is 11.7. The number of ether oxygens (including phenoxy) is 2. The Morgan fingerprint density at radius 3 is 2.08 bits per heavy atom. The summed E-state index contributed by atoms with van der Waals surface area (Å²) >= 11 is 0. The zero-order valence-corrected chi connectivity index (χ0v) is 20.1. The van der Waals surface area contributed by atoms with Crippen molar-refractivity contribution in [2.24, 2.45) is 0 Å². The van der Waals surface area contributed by atoms with Gasteiger partial charge in [0.25, 0.3) is 11.8 Å². The van der Waals surface area contributed by atoms with Gasteiger partial charge in [0.15, 0.2) is 0 Å². The third-order valence-electron chi connectivity index (χ3n) is 5.56. The van der Waals surface area contributed by atoms with Gasteiger partial charge in [-0.15, -0.1) is 0 Å². The van der Waals surface area contributed by atoms with Crippen molar-refractivity contribution in [1.29, 1.82) is 0 Å². The average molecular weight is 481 g/mol. The number of rotatable bonds is 10. The molecule has 182 valence electrons. The van der Waals surface area contributed by atoms with Gasteiger partial charge in [0, 0.05) is 19.2 Å². The van der Waals surface area contributed by atoms with Crippen LogP contribution in [0.5, 0.6) is 11.5 Å². The van der Waals surface area contributed by atoms with Gasteiger partial charge in [-0.05, 0) is 48.0 Å². The van der Waals surface area contributed by atoms with E-state index in [1.54, 1.807) is 55.6 Å². The molecule has 0 saturated carbocycles. The van der Waals surface area contributed by atoms with E-state index in [0.29, 0.717) is 42.3 Å². The number of para-hydroxylation sites is 2. The number of nitrogens with zero attached hydrogens (tertiary/aromatic N) is 1. The molecule has 0 heterocycles. The van der Waals surface area contributed by atoms with Crippen molar-refractivity contribution in [3.63, 3.8) is 0 Å². The van der Waals surface area contributed by atoms with Crippen molar-refractivity contribution in [3.05, 3.63) is 126 Å². The maximum absolute atomic E-state index is 13.3. The number of hydrogen-bond donors (Lipinski definition) is 1. The number of carbonyl (C=O) groups excluding carboxylic acids is 2. The van der Waals surface area contributed by atoms with Gasteiger partial charge in [-0.25, -0.2) is 0 Å². The molecule has 36 heavy (non-hydrogen) atoms. The Labute approximate surface area is 211 Å². The molecule has 0 radical (unpaired) electrons. The van der Waals surface area contributed by atoms with Crippen molar-refractivity contribution < 1.29 is 19.1 Å². The van der Waals surface area contributed by atoms with Crippen LogP contribution in [-0.2, 0) is 6.54 Å². The van der Waals surface area contributed by atoms with Crippen LogP contribution >= 0.6 is 0 Å². The molecule has 0 spiro atoms. The Hall–Kier alpha value is -4.58. The maximum Gasteiger partial charge on any atom is 0.258 e. The highest BCUT2D eigenvalue weighted by molar-refractivity contribution is 6.10. The molecule has 0 atom stereocenters. The van der Waals surface area contributed by atoms with Gasteiger partial charge in [-0.1, -0.05) is 66.7 Å². The van der Waals surface area contributed by atoms with E-state index in [2.05, 4.69) is 5.32 Å². The molecular formula is C30H28N2O4. The van der Waals surface area contributed by atoms with Gasteiger partial charge in [-0.2, -0.15) is 0 Å². The predicted molar refractivity (Wildman–Crippen MR) is 141 cm³/mol. The van der Waals surface area contributed by atoms with Gasteiger partial charge in [0.2, 0.25) is 0 Å². The van der Waals surface area contributed by atoms with E-state index in [0.717, 1.165) is 11.3 Å². The fraction of sp³-hybridized carbons (Fsp3) is 0.133. The molecule has 4 aromatic carbocycles. The molecule has 0 aliphatic carbocycles. The number of anilines is 1. The fourth-order valence-corrected chi connectivity index (χ4v) is 3.69. The molecule has 0 bridgehead atoms. The number of hydrogen-bond acceptors (Lipinski definition) is 4.